The van der Waals surface area contributed by atoms with E-state index in [0.717, 1.165) is 22.9 Å². The van der Waals surface area contributed by atoms with Crippen LogP contribution in [0, 0.1) is 11.7 Å². The average molecular weight is 453 g/mol. The molecule has 1 fully saturated rings. The van der Waals surface area contributed by atoms with E-state index in [1.807, 2.05) is 54.6 Å². The molecular formula is C25H25FN2O3S. The molecular weight excluding hydrogens is 427 g/mol. The first-order valence-corrected chi connectivity index (χ1v) is 12.0. The van der Waals surface area contributed by atoms with Crippen molar-refractivity contribution in [2.24, 2.45) is 5.92 Å². The molecule has 1 amide bonds. The second-order valence-electron chi connectivity index (χ2n) is 7.89. The van der Waals surface area contributed by atoms with E-state index in [0.29, 0.717) is 12.8 Å². The predicted molar refractivity (Wildman–Crippen MR) is 123 cm³/mol. The molecule has 0 saturated carbocycles. The Bertz CT molecular complexity index is 1210. The number of hydrogen-bond donors (Lipinski definition) is 0. The highest BCUT2D eigenvalue weighted by atomic mass is 32.2. The molecule has 3 aromatic carbocycles. The molecule has 5 nitrogen and oxygen atoms in total. The van der Waals surface area contributed by atoms with Crippen LogP contribution in [0.4, 0.5) is 10.1 Å². The summed E-state index contributed by atoms with van der Waals surface area (Å²) in [5.41, 5.74) is 2.79. The van der Waals surface area contributed by atoms with Gasteiger partial charge in [-0.3, -0.25) is 4.79 Å². The molecule has 0 radical (unpaired) electrons. The van der Waals surface area contributed by atoms with Crippen LogP contribution < -0.4 is 4.90 Å². The van der Waals surface area contributed by atoms with Crippen LogP contribution in [0.5, 0.6) is 0 Å². The fourth-order valence-electron chi connectivity index (χ4n) is 4.16. The monoisotopic (exact) mass is 452 g/mol. The number of halogens is 1. The fourth-order valence-corrected chi connectivity index (χ4v) is 5.69. The molecule has 0 N–H and O–H groups in total. The first-order valence-electron chi connectivity index (χ1n) is 10.6. The Morgan fingerprint density at radius 1 is 0.906 bits per heavy atom. The summed E-state index contributed by atoms with van der Waals surface area (Å²) < 4.78 is 41.0. The maximum Gasteiger partial charge on any atom is 0.245 e. The van der Waals surface area contributed by atoms with Gasteiger partial charge in [0.15, 0.2) is 0 Å². The van der Waals surface area contributed by atoms with Gasteiger partial charge in [-0.1, -0.05) is 60.7 Å². The van der Waals surface area contributed by atoms with Crippen molar-refractivity contribution in [3.05, 3.63) is 84.7 Å². The zero-order valence-corrected chi connectivity index (χ0v) is 18.6. The Kier molecular flexibility index (Phi) is 6.39. The fraction of sp³-hybridized carbons (Fsp3) is 0.240. The molecule has 3 aromatic rings. The second kappa shape index (κ2) is 9.22. The van der Waals surface area contributed by atoms with Crippen LogP contribution in [0.1, 0.15) is 12.8 Å². The van der Waals surface area contributed by atoms with Crippen LogP contribution in [-0.4, -0.2) is 38.8 Å². The molecule has 0 aliphatic carbocycles. The van der Waals surface area contributed by atoms with Crippen LogP contribution in [0.15, 0.2) is 83.8 Å². The van der Waals surface area contributed by atoms with Crippen LogP contribution in [-0.2, 0) is 14.8 Å². The topological polar surface area (TPSA) is 57.7 Å². The number of amides is 1. The van der Waals surface area contributed by atoms with Gasteiger partial charge in [0.1, 0.15) is 10.7 Å². The highest BCUT2D eigenvalue weighted by molar-refractivity contribution is 7.89. The van der Waals surface area contributed by atoms with Gasteiger partial charge >= 0.3 is 0 Å². The number of piperidine rings is 1. The number of nitrogens with zero attached hydrogens (tertiary/aromatic N) is 2. The molecule has 4 rings (SSSR count). The lowest BCUT2D eigenvalue weighted by Gasteiger charge is -2.33. The summed E-state index contributed by atoms with van der Waals surface area (Å²) in [7, 11) is -2.17. The van der Waals surface area contributed by atoms with E-state index in [1.54, 1.807) is 11.9 Å². The lowest BCUT2D eigenvalue weighted by atomic mass is 9.95. The van der Waals surface area contributed by atoms with E-state index in [2.05, 4.69) is 0 Å². The Morgan fingerprint density at radius 2 is 1.50 bits per heavy atom. The van der Waals surface area contributed by atoms with E-state index in [9.17, 15) is 17.6 Å². The van der Waals surface area contributed by atoms with Crippen molar-refractivity contribution in [2.75, 3.05) is 25.0 Å². The molecule has 32 heavy (non-hydrogen) atoms. The number of carbonyl (C=O) groups excluding carboxylic acids is 1. The molecule has 1 saturated heterocycles. The quantitative estimate of drug-likeness (QED) is 0.570. The molecule has 1 aliphatic heterocycles. The Morgan fingerprint density at radius 3 is 2.19 bits per heavy atom. The van der Waals surface area contributed by atoms with Gasteiger partial charge in [-0.05, 0) is 36.6 Å². The molecule has 1 aliphatic rings. The number of anilines is 1. The van der Waals surface area contributed by atoms with Crippen LogP contribution in [0.2, 0.25) is 0 Å². The van der Waals surface area contributed by atoms with E-state index in [4.69, 9.17) is 0 Å². The van der Waals surface area contributed by atoms with Gasteiger partial charge in [-0.15, -0.1) is 0 Å². The molecule has 0 bridgehead atoms. The molecule has 1 heterocycles. The summed E-state index contributed by atoms with van der Waals surface area (Å²) in [5, 5.41) is 0. The number of carbonyl (C=O) groups is 1. The Balaban J connectivity index is 1.48. The normalized spacial score (nSPS) is 15.4. The van der Waals surface area contributed by atoms with Gasteiger partial charge < -0.3 is 4.90 Å². The smallest absolute Gasteiger partial charge is 0.245 e. The molecule has 0 unspecified atom stereocenters. The van der Waals surface area contributed by atoms with Crippen molar-refractivity contribution < 1.29 is 17.6 Å². The SMILES string of the molecule is CN(C(=O)C1CCN(S(=O)(=O)c2ccccc2F)CC1)c1ccccc1-c1ccccc1. The van der Waals surface area contributed by atoms with Gasteiger partial charge in [-0.2, -0.15) is 4.31 Å². The number of hydrogen-bond acceptors (Lipinski definition) is 3. The summed E-state index contributed by atoms with van der Waals surface area (Å²) in [6.45, 7) is 0.364. The average Bonchev–Trinajstić information content (AvgIpc) is 2.84. The number of rotatable bonds is 5. The lowest BCUT2D eigenvalue weighted by Crippen LogP contribution is -2.43. The molecule has 0 aromatic heterocycles. The zero-order valence-electron chi connectivity index (χ0n) is 17.8. The van der Waals surface area contributed by atoms with Crippen molar-refractivity contribution in [1.29, 1.82) is 0 Å². The van der Waals surface area contributed by atoms with Crippen molar-refractivity contribution in [2.45, 2.75) is 17.7 Å². The Hall–Kier alpha value is -3.03. The van der Waals surface area contributed by atoms with Crippen molar-refractivity contribution in [3.8, 4) is 11.1 Å². The highest BCUT2D eigenvalue weighted by Gasteiger charge is 2.34. The van der Waals surface area contributed by atoms with Gasteiger partial charge in [-0.25, -0.2) is 12.8 Å². The predicted octanol–water partition coefficient (Wildman–Crippen LogP) is 4.56. The zero-order chi connectivity index (χ0) is 22.7. The van der Waals surface area contributed by atoms with Crippen LogP contribution in [0.3, 0.4) is 0 Å². The summed E-state index contributed by atoms with van der Waals surface area (Å²) in [4.78, 5) is 14.6. The summed E-state index contributed by atoms with van der Waals surface area (Å²) >= 11 is 0. The minimum atomic E-state index is -3.92. The van der Waals surface area contributed by atoms with Crippen LogP contribution in [0.25, 0.3) is 11.1 Å². The van der Waals surface area contributed by atoms with Gasteiger partial charge in [0, 0.05) is 31.6 Å². The second-order valence-corrected chi connectivity index (χ2v) is 9.80. The summed E-state index contributed by atoms with van der Waals surface area (Å²) in [6, 6.07) is 23.0. The van der Waals surface area contributed by atoms with E-state index in [1.165, 1.54) is 22.5 Å². The molecule has 0 atom stereocenters. The van der Waals surface area contributed by atoms with Gasteiger partial charge in [0.2, 0.25) is 15.9 Å². The highest BCUT2D eigenvalue weighted by Crippen LogP contribution is 2.32. The summed E-state index contributed by atoms with van der Waals surface area (Å²) in [6.07, 6.45) is 0.786. The standard InChI is InChI=1S/C25H25FN2O3S/c1-27(23-13-7-5-11-21(23)19-9-3-2-4-10-19)25(29)20-15-17-28(18-16-20)32(30,31)24-14-8-6-12-22(24)26/h2-14,20H,15-18H2,1H3. The third kappa shape index (κ3) is 4.31. The number of sulfonamides is 1. The first-order chi connectivity index (χ1) is 15.4. The van der Waals surface area contributed by atoms with Gasteiger partial charge in [0.05, 0.1) is 5.69 Å². The Labute approximate surface area is 188 Å². The van der Waals surface area contributed by atoms with E-state index in [-0.39, 0.29) is 29.8 Å². The minimum Gasteiger partial charge on any atom is -0.315 e. The van der Waals surface area contributed by atoms with Gasteiger partial charge in [0.25, 0.3) is 0 Å². The van der Waals surface area contributed by atoms with Crippen molar-refractivity contribution in [3.63, 3.8) is 0 Å². The van der Waals surface area contributed by atoms with Crippen molar-refractivity contribution >= 4 is 21.6 Å². The molecule has 166 valence electrons. The molecule has 7 heteroatoms. The lowest BCUT2D eigenvalue weighted by molar-refractivity contribution is -0.123. The van der Waals surface area contributed by atoms with Crippen molar-refractivity contribution in [1.82, 2.24) is 4.31 Å². The largest absolute Gasteiger partial charge is 0.315 e. The minimum absolute atomic E-state index is 0.0451. The summed E-state index contributed by atoms with van der Waals surface area (Å²) in [5.74, 6) is -1.10. The maximum atomic E-state index is 14.0. The van der Waals surface area contributed by atoms with E-state index >= 15 is 0 Å². The molecule has 0 spiro atoms. The maximum absolute atomic E-state index is 14.0. The van der Waals surface area contributed by atoms with E-state index < -0.39 is 15.8 Å². The third-order valence-corrected chi connectivity index (χ3v) is 7.87. The van der Waals surface area contributed by atoms with Crippen LogP contribution >= 0.6 is 0 Å². The number of benzene rings is 3. The third-order valence-electron chi connectivity index (χ3n) is 5.94. The first kappa shape index (κ1) is 22.2. The number of para-hydroxylation sites is 1.